The highest BCUT2D eigenvalue weighted by Crippen LogP contribution is 2.12. The highest BCUT2D eigenvalue weighted by atomic mass is 15.3. The SMILES string of the molecule is CCCCCCCCCCCCn1cc(C)c(N)n1. The van der Waals surface area contributed by atoms with Crippen LogP contribution in [-0.4, -0.2) is 9.78 Å². The van der Waals surface area contributed by atoms with Crippen molar-refractivity contribution >= 4 is 5.82 Å². The number of rotatable bonds is 11. The lowest BCUT2D eigenvalue weighted by Crippen LogP contribution is -1.99. The lowest BCUT2D eigenvalue weighted by Gasteiger charge is -2.03. The van der Waals surface area contributed by atoms with Gasteiger partial charge < -0.3 is 5.73 Å². The van der Waals surface area contributed by atoms with Crippen LogP contribution >= 0.6 is 0 Å². The quantitative estimate of drug-likeness (QED) is 0.590. The van der Waals surface area contributed by atoms with Crippen LogP contribution in [0.1, 0.15) is 76.7 Å². The molecule has 0 amide bonds. The molecule has 2 N–H and O–H groups in total. The van der Waals surface area contributed by atoms with Gasteiger partial charge in [0.1, 0.15) is 5.82 Å². The number of aromatic nitrogens is 2. The normalized spacial score (nSPS) is 11.1. The van der Waals surface area contributed by atoms with Crippen molar-refractivity contribution in [1.29, 1.82) is 0 Å². The van der Waals surface area contributed by atoms with Gasteiger partial charge in [-0.1, -0.05) is 64.7 Å². The molecule has 0 aromatic carbocycles. The first-order valence-corrected chi connectivity index (χ1v) is 8.03. The third-order valence-electron chi connectivity index (χ3n) is 3.72. The third kappa shape index (κ3) is 7.24. The Hall–Kier alpha value is -0.990. The van der Waals surface area contributed by atoms with Crippen LogP contribution in [0.2, 0.25) is 0 Å². The molecule has 3 heteroatoms. The molecule has 0 saturated carbocycles. The van der Waals surface area contributed by atoms with Gasteiger partial charge in [-0.15, -0.1) is 0 Å². The van der Waals surface area contributed by atoms with Crippen LogP contribution in [0.4, 0.5) is 5.82 Å². The summed E-state index contributed by atoms with van der Waals surface area (Å²) in [6, 6.07) is 0. The summed E-state index contributed by atoms with van der Waals surface area (Å²) in [5, 5.41) is 4.28. The van der Waals surface area contributed by atoms with E-state index >= 15 is 0 Å². The third-order valence-corrected chi connectivity index (χ3v) is 3.72. The fourth-order valence-electron chi connectivity index (χ4n) is 2.41. The van der Waals surface area contributed by atoms with E-state index in [2.05, 4.69) is 12.0 Å². The standard InChI is InChI=1S/C16H31N3/c1-3-4-5-6-7-8-9-10-11-12-13-19-14-15(2)16(17)18-19/h14H,3-13H2,1-2H3,(H2,17,18). The molecule has 1 aromatic heterocycles. The van der Waals surface area contributed by atoms with Crippen molar-refractivity contribution < 1.29 is 0 Å². The minimum atomic E-state index is 0.673. The molecule has 0 saturated heterocycles. The number of nitrogens with zero attached hydrogens (tertiary/aromatic N) is 2. The van der Waals surface area contributed by atoms with Crippen molar-refractivity contribution in [3.8, 4) is 0 Å². The lowest BCUT2D eigenvalue weighted by molar-refractivity contribution is 0.516. The van der Waals surface area contributed by atoms with Crippen LogP contribution in [-0.2, 0) is 6.54 Å². The average Bonchev–Trinajstić information content (AvgIpc) is 2.71. The number of hydrogen-bond acceptors (Lipinski definition) is 2. The fraction of sp³-hybridized carbons (Fsp3) is 0.812. The van der Waals surface area contributed by atoms with Crippen LogP contribution < -0.4 is 5.73 Å². The van der Waals surface area contributed by atoms with Crippen molar-refractivity contribution in [3.05, 3.63) is 11.8 Å². The van der Waals surface area contributed by atoms with Gasteiger partial charge in [-0.25, -0.2) is 0 Å². The fourth-order valence-corrected chi connectivity index (χ4v) is 2.41. The molecule has 1 aromatic rings. The first-order chi connectivity index (χ1) is 9.24. The Bertz CT molecular complexity index is 311. The van der Waals surface area contributed by atoms with Crippen molar-refractivity contribution in [2.24, 2.45) is 0 Å². The Morgan fingerprint density at radius 1 is 0.947 bits per heavy atom. The van der Waals surface area contributed by atoms with E-state index in [0.29, 0.717) is 5.82 Å². The summed E-state index contributed by atoms with van der Waals surface area (Å²) < 4.78 is 1.98. The maximum atomic E-state index is 5.73. The Morgan fingerprint density at radius 3 is 1.95 bits per heavy atom. The van der Waals surface area contributed by atoms with Gasteiger partial charge in [0.15, 0.2) is 0 Å². The van der Waals surface area contributed by atoms with Gasteiger partial charge in [0.05, 0.1) is 0 Å². The van der Waals surface area contributed by atoms with Gasteiger partial charge >= 0.3 is 0 Å². The summed E-state index contributed by atoms with van der Waals surface area (Å²) in [6.45, 7) is 5.29. The van der Waals surface area contributed by atoms with E-state index in [1.54, 1.807) is 0 Å². The Kier molecular flexibility index (Phi) is 8.35. The molecule has 0 bridgehead atoms. The number of unbranched alkanes of at least 4 members (excludes halogenated alkanes) is 9. The predicted octanol–water partition coefficient (Wildman–Crippen LogP) is 4.69. The minimum Gasteiger partial charge on any atom is -0.382 e. The van der Waals surface area contributed by atoms with E-state index in [1.807, 2.05) is 17.8 Å². The van der Waals surface area contributed by atoms with Gasteiger partial charge in [0, 0.05) is 18.3 Å². The molecule has 1 heterocycles. The maximum absolute atomic E-state index is 5.73. The Labute approximate surface area is 118 Å². The van der Waals surface area contributed by atoms with E-state index in [1.165, 1.54) is 64.2 Å². The second kappa shape index (κ2) is 9.88. The number of nitrogens with two attached hydrogens (primary N) is 1. The molecule has 0 spiro atoms. The van der Waals surface area contributed by atoms with Gasteiger partial charge in [-0.2, -0.15) is 5.10 Å². The number of aryl methyl sites for hydroxylation is 2. The molecule has 0 fully saturated rings. The van der Waals surface area contributed by atoms with E-state index in [9.17, 15) is 0 Å². The van der Waals surface area contributed by atoms with E-state index in [0.717, 1.165) is 12.1 Å². The van der Waals surface area contributed by atoms with E-state index in [4.69, 9.17) is 5.73 Å². The van der Waals surface area contributed by atoms with Crippen LogP contribution in [0.5, 0.6) is 0 Å². The number of nitrogen functional groups attached to an aromatic ring is 1. The first kappa shape index (κ1) is 16.1. The topological polar surface area (TPSA) is 43.8 Å². The van der Waals surface area contributed by atoms with Gasteiger partial charge in [-0.3, -0.25) is 4.68 Å². The average molecular weight is 265 g/mol. The minimum absolute atomic E-state index is 0.673. The zero-order valence-corrected chi connectivity index (χ0v) is 12.8. The molecule has 1 rings (SSSR count). The highest BCUT2D eigenvalue weighted by Gasteiger charge is 2.00. The monoisotopic (exact) mass is 265 g/mol. The molecule has 0 aliphatic rings. The smallest absolute Gasteiger partial charge is 0.148 e. The molecule has 3 nitrogen and oxygen atoms in total. The molecule has 0 atom stereocenters. The Morgan fingerprint density at radius 2 is 1.47 bits per heavy atom. The maximum Gasteiger partial charge on any atom is 0.148 e. The molecular formula is C16H31N3. The summed E-state index contributed by atoms with van der Waals surface area (Å²) in [5.74, 6) is 0.673. The van der Waals surface area contributed by atoms with Crippen LogP contribution in [0.3, 0.4) is 0 Å². The molecule has 0 unspecified atom stereocenters. The largest absolute Gasteiger partial charge is 0.382 e. The number of anilines is 1. The summed E-state index contributed by atoms with van der Waals surface area (Å²) >= 11 is 0. The predicted molar refractivity (Wildman–Crippen MR) is 83.2 cm³/mol. The van der Waals surface area contributed by atoms with Crippen molar-refractivity contribution in [2.45, 2.75) is 84.6 Å². The molecule has 110 valence electrons. The molecule has 19 heavy (non-hydrogen) atoms. The van der Waals surface area contributed by atoms with E-state index < -0.39 is 0 Å². The van der Waals surface area contributed by atoms with Gasteiger partial charge in [-0.05, 0) is 13.3 Å². The first-order valence-electron chi connectivity index (χ1n) is 8.03. The second-order valence-electron chi connectivity index (χ2n) is 5.64. The van der Waals surface area contributed by atoms with Gasteiger partial charge in [0.25, 0.3) is 0 Å². The summed E-state index contributed by atoms with van der Waals surface area (Å²) in [4.78, 5) is 0. The molecule has 0 aliphatic heterocycles. The van der Waals surface area contributed by atoms with Crippen molar-refractivity contribution in [1.82, 2.24) is 9.78 Å². The van der Waals surface area contributed by atoms with Crippen LogP contribution in [0, 0.1) is 6.92 Å². The summed E-state index contributed by atoms with van der Waals surface area (Å²) in [7, 11) is 0. The zero-order chi connectivity index (χ0) is 13.9. The zero-order valence-electron chi connectivity index (χ0n) is 12.8. The van der Waals surface area contributed by atoms with E-state index in [-0.39, 0.29) is 0 Å². The second-order valence-corrected chi connectivity index (χ2v) is 5.64. The summed E-state index contributed by atoms with van der Waals surface area (Å²) in [6.07, 6.45) is 15.8. The summed E-state index contributed by atoms with van der Waals surface area (Å²) in [5.41, 5.74) is 6.82. The van der Waals surface area contributed by atoms with Crippen LogP contribution in [0.15, 0.2) is 6.20 Å². The van der Waals surface area contributed by atoms with Crippen LogP contribution in [0.25, 0.3) is 0 Å². The Balaban J connectivity index is 1.88. The van der Waals surface area contributed by atoms with Gasteiger partial charge in [0.2, 0.25) is 0 Å². The molecule has 0 aliphatic carbocycles. The lowest BCUT2D eigenvalue weighted by atomic mass is 10.1. The molecule has 0 radical (unpaired) electrons. The number of hydrogen-bond donors (Lipinski definition) is 1. The highest BCUT2D eigenvalue weighted by molar-refractivity contribution is 5.35. The molecular weight excluding hydrogens is 234 g/mol. The van der Waals surface area contributed by atoms with Crippen molar-refractivity contribution in [2.75, 3.05) is 5.73 Å². The van der Waals surface area contributed by atoms with Crippen molar-refractivity contribution in [3.63, 3.8) is 0 Å².